The third-order valence-corrected chi connectivity index (χ3v) is 7.83. The van der Waals surface area contributed by atoms with Gasteiger partial charge >= 0.3 is 0 Å². The number of nitriles is 1. The van der Waals surface area contributed by atoms with Crippen LogP contribution in [0.4, 0.5) is 5.69 Å². The summed E-state index contributed by atoms with van der Waals surface area (Å²) < 4.78 is 2.09. The number of nitrogens with zero attached hydrogens (tertiary/aromatic N) is 4. The Labute approximate surface area is 197 Å². The second-order valence-corrected chi connectivity index (χ2v) is 9.98. The van der Waals surface area contributed by atoms with Crippen molar-refractivity contribution in [2.75, 3.05) is 25.0 Å². The molecule has 3 fully saturated rings. The van der Waals surface area contributed by atoms with Crippen molar-refractivity contribution in [1.29, 1.82) is 5.26 Å². The van der Waals surface area contributed by atoms with Gasteiger partial charge < -0.3 is 10.6 Å². The Morgan fingerprint density at radius 3 is 2.97 bits per heavy atom. The van der Waals surface area contributed by atoms with Crippen LogP contribution in [0.15, 0.2) is 47.8 Å². The molecule has 2 N–H and O–H groups in total. The molecule has 3 saturated heterocycles. The molecule has 3 aromatic rings. The van der Waals surface area contributed by atoms with E-state index in [4.69, 9.17) is 22.6 Å². The van der Waals surface area contributed by atoms with Crippen molar-refractivity contribution in [3.05, 3.63) is 59.1 Å². The molecule has 2 aromatic heterocycles. The third-order valence-electron chi connectivity index (χ3n) is 6.70. The molecule has 3 aliphatic rings. The van der Waals surface area contributed by atoms with Crippen molar-refractivity contribution in [1.82, 2.24) is 20.0 Å². The molecule has 0 saturated carbocycles. The average Bonchev–Trinajstić information content (AvgIpc) is 3.48. The van der Waals surface area contributed by atoms with Crippen molar-refractivity contribution >= 4 is 34.4 Å². The SMILES string of the molecule is Cn1nc(-c2cccs2)cc1[C@H]1CN2CC[C@H]1C[C@@H]2CNC(=S)Nc1cccc(C#N)c1. The van der Waals surface area contributed by atoms with Crippen LogP contribution in [0.5, 0.6) is 0 Å². The quantitative estimate of drug-likeness (QED) is 0.555. The average molecular weight is 463 g/mol. The van der Waals surface area contributed by atoms with Crippen LogP contribution in [0.2, 0.25) is 0 Å². The Kier molecular flexibility index (Phi) is 5.96. The Bertz CT molecular complexity index is 1150. The van der Waals surface area contributed by atoms with Gasteiger partial charge in [0, 0.05) is 43.5 Å². The minimum atomic E-state index is 0.486. The summed E-state index contributed by atoms with van der Waals surface area (Å²) in [6.45, 7) is 3.05. The largest absolute Gasteiger partial charge is 0.361 e. The number of benzene rings is 1. The van der Waals surface area contributed by atoms with E-state index in [0.29, 0.717) is 28.6 Å². The van der Waals surface area contributed by atoms with Gasteiger partial charge in [-0.1, -0.05) is 12.1 Å². The number of fused-ring (bicyclic) bond motifs is 3. The van der Waals surface area contributed by atoms with E-state index in [0.717, 1.165) is 31.0 Å². The van der Waals surface area contributed by atoms with Crippen molar-refractivity contribution in [2.45, 2.75) is 24.8 Å². The van der Waals surface area contributed by atoms with E-state index in [1.54, 1.807) is 17.4 Å². The highest BCUT2D eigenvalue weighted by molar-refractivity contribution is 7.80. The summed E-state index contributed by atoms with van der Waals surface area (Å²) in [6, 6.07) is 16.5. The predicted molar refractivity (Wildman–Crippen MR) is 133 cm³/mol. The minimum Gasteiger partial charge on any atom is -0.361 e. The number of thiocarbonyl (C=S) groups is 1. The highest BCUT2D eigenvalue weighted by Gasteiger charge is 2.41. The summed E-state index contributed by atoms with van der Waals surface area (Å²) in [5.74, 6) is 1.21. The summed E-state index contributed by atoms with van der Waals surface area (Å²) in [4.78, 5) is 3.84. The Balaban J connectivity index is 1.19. The van der Waals surface area contributed by atoms with Gasteiger partial charge in [0.15, 0.2) is 5.11 Å². The number of anilines is 1. The molecule has 0 radical (unpaired) electrons. The molecular formula is C24H26N6S2. The van der Waals surface area contributed by atoms with E-state index in [9.17, 15) is 0 Å². The molecule has 2 bridgehead atoms. The number of hydrogen-bond acceptors (Lipinski definition) is 5. The molecule has 5 heterocycles. The van der Waals surface area contributed by atoms with Gasteiger partial charge in [-0.05, 0) is 73.2 Å². The first-order valence-electron chi connectivity index (χ1n) is 11.0. The van der Waals surface area contributed by atoms with Gasteiger partial charge in [0.05, 0.1) is 16.5 Å². The van der Waals surface area contributed by atoms with Crippen molar-refractivity contribution in [3.63, 3.8) is 0 Å². The van der Waals surface area contributed by atoms with Gasteiger partial charge in [-0.3, -0.25) is 9.58 Å². The normalized spacial score (nSPS) is 24.1. The van der Waals surface area contributed by atoms with E-state index in [2.05, 4.69) is 56.9 Å². The third kappa shape index (κ3) is 4.29. The lowest BCUT2D eigenvalue weighted by atomic mass is 9.74. The van der Waals surface area contributed by atoms with Crippen LogP contribution in [-0.4, -0.2) is 45.5 Å². The molecule has 32 heavy (non-hydrogen) atoms. The Morgan fingerprint density at radius 2 is 2.22 bits per heavy atom. The fraction of sp³-hybridized carbons (Fsp3) is 0.375. The molecule has 3 aliphatic heterocycles. The van der Waals surface area contributed by atoms with Gasteiger partial charge in [-0.2, -0.15) is 10.4 Å². The molecule has 1 aromatic carbocycles. The van der Waals surface area contributed by atoms with E-state index in [-0.39, 0.29) is 0 Å². The predicted octanol–water partition coefficient (Wildman–Crippen LogP) is 4.18. The van der Waals surface area contributed by atoms with Gasteiger partial charge in [-0.25, -0.2) is 0 Å². The second kappa shape index (κ2) is 9.02. The molecule has 0 amide bonds. The molecular weight excluding hydrogens is 436 g/mol. The molecule has 164 valence electrons. The maximum absolute atomic E-state index is 9.06. The van der Waals surface area contributed by atoms with Gasteiger partial charge in [0.25, 0.3) is 0 Å². The standard InChI is InChI=1S/C24H26N6S2/c1-29-22(12-21(28-29)23-6-3-9-32-23)20-15-30-8-7-17(20)11-19(30)14-26-24(31)27-18-5-2-4-16(10-18)13-25/h2-6,9-10,12,17,19-20H,7-8,11,14-15H2,1H3,(H2,26,27,31)/t17-,19+,20-/m0/s1. The van der Waals surface area contributed by atoms with E-state index in [1.165, 1.54) is 23.4 Å². The van der Waals surface area contributed by atoms with Crippen LogP contribution in [0.3, 0.4) is 0 Å². The van der Waals surface area contributed by atoms with Crippen LogP contribution in [0.25, 0.3) is 10.6 Å². The summed E-state index contributed by atoms with van der Waals surface area (Å²) in [7, 11) is 2.08. The summed E-state index contributed by atoms with van der Waals surface area (Å²) in [5.41, 5.74) is 3.90. The van der Waals surface area contributed by atoms with Gasteiger partial charge in [-0.15, -0.1) is 11.3 Å². The Morgan fingerprint density at radius 1 is 1.31 bits per heavy atom. The highest BCUT2D eigenvalue weighted by atomic mass is 32.1. The smallest absolute Gasteiger partial charge is 0.170 e. The fourth-order valence-electron chi connectivity index (χ4n) is 5.11. The number of aryl methyl sites for hydroxylation is 1. The summed E-state index contributed by atoms with van der Waals surface area (Å²) >= 11 is 7.24. The monoisotopic (exact) mass is 462 g/mol. The van der Waals surface area contributed by atoms with Crippen molar-refractivity contribution in [3.8, 4) is 16.6 Å². The first-order valence-corrected chi connectivity index (χ1v) is 12.3. The molecule has 0 aliphatic carbocycles. The Hall–Kier alpha value is -2.73. The fourth-order valence-corrected chi connectivity index (χ4v) is 5.99. The maximum Gasteiger partial charge on any atom is 0.170 e. The number of nitrogens with one attached hydrogen (secondary N) is 2. The van der Waals surface area contributed by atoms with E-state index < -0.39 is 0 Å². The van der Waals surface area contributed by atoms with Crippen LogP contribution < -0.4 is 10.6 Å². The zero-order valence-corrected chi connectivity index (χ0v) is 19.6. The van der Waals surface area contributed by atoms with E-state index >= 15 is 0 Å². The number of piperidine rings is 3. The van der Waals surface area contributed by atoms with Crippen molar-refractivity contribution in [2.24, 2.45) is 13.0 Å². The molecule has 1 unspecified atom stereocenters. The molecule has 6 rings (SSSR count). The van der Waals surface area contributed by atoms with Crippen LogP contribution in [-0.2, 0) is 7.05 Å². The molecule has 6 nitrogen and oxygen atoms in total. The summed E-state index contributed by atoms with van der Waals surface area (Å²) in [5, 5.41) is 23.2. The zero-order chi connectivity index (χ0) is 22.1. The number of hydrogen-bond donors (Lipinski definition) is 2. The van der Waals surface area contributed by atoms with Crippen LogP contribution in [0.1, 0.15) is 30.0 Å². The van der Waals surface area contributed by atoms with Crippen molar-refractivity contribution < 1.29 is 0 Å². The van der Waals surface area contributed by atoms with Gasteiger partial charge in [0.2, 0.25) is 0 Å². The van der Waals surface area contributed by atoms with Crippen LogP contribution >= 0.6 is 23.6 Å². The number of rotatable bonds is 5. The molecule has 8 heteroatoms. The molecule has 0 spiro atoms. The first-order chi connectivity index (χ1) is 15.6. The number of aromatic nitrogens is 2. The lowest BCUT2D eigenvalue weighted by Crippen LogP contribution is -2.56. The topological polar surface area (TPSA) is 68.9 Å². The summed E-state index contributed by atoms with van der Waals surface area (Å²) in [6.07, 6.45) is 2.41. The highest BCUT2D eigenvalue weighted by Crippen LogP contribution is 2.42. The maximum atomic E-state index is 9.06. The zero-order valence-electron chi connectivity index (χ0n) is 18.0. The first kappa shape index (κ1) is 21.1. The second-order valence-electron chi connectivity index (χ2n) is 8.62. The molecule has 4 atom stereocenters. The lowest BCUT2D eigenvalue weighted by Gasteiger charge is -2.50. The van der Waals surface area contributed by atoms with Gasteiger partial charge in [0.1, 0.15) is 5.69 Å². The minimum absolute atomic E-state index is 0.486. The van der Waals surface area contributed by atoms with Crippen LogP contribution in [0, 0.1) is 17.2 Å². The van der Waals surface area contributed by atoms with E-state index in [1.807, 2.05) is 18.2 Å². The lowest BCUT2D eigenvalue weighted by molar-refractivity contribution is 0.0303. The number of thiophene rings is 1.